The van der Waals surface area contributed by atoms with E-state index in [9.17, 15) is 14.7 Å². The van der Waals surface area contributed by atoms with Crippen LogP contribution in [0.4, 0.5) is 5.69 Å². The molecule has 1 aliphatic heterocycles. The molecule has 6 nitrogen and oxygen atoms in total. The van der Waals surface area contributed by atoms with Crippen LogP contribution in [0.15, 0.2) is 42.5 Å². The second-order valence-corrected chi connectivity index (χ2v) is 7.12. The lowest BCUT2D eigenvalue weighted by Gasteiger charge is -2.25. The molecule has 3 atom stereocenters. The van der Waals surface area contributed by atoms with Crippen molar-refractivity contribution in [3.8, 4) is 6.57 Å². The average Bonchev–Trinajstić information content (AvgIpc) is 2.85. The van der Waals surface area contributed by atoms with Crippen molar-refractivity contribution in [3.63, 3.8) is 0 Å². The number of aldehydes is 1. The van der Waals surface area contributed by atoms with Gasteiger partial charge in [-0.2, -0.15) is 0 Å². The van der Waals surface area contributed by atoms with Crippen molar-refractivity contribution >= 4 is 41.1 Å². The summed E-state index contributed by atoms with van der Waals surface area (Å²) in [4.78, 5) is 25.8. The molecule has 0 aliphatic carbocycles. The Labute approximate surface area is 179 Å². The first-order valence-electron chi connectivity index (χ1n) is 8.87. The Bertz CT molecular complexity index is 903. The van der Waals surface area contributed by atoms with Crippen molar-refractivity contribution in [1.82, 2.24) is 0 Å². The van der Waals surface area contributed by atoms with Gasteiger partial charge in [0.05, 0.1) is 0 Å². The van der Waals surface area contributed by atoms with Crippen molar-refractivity contribution in [2.45, 2.75) is 31.7 Å². The van der Waals surface area contributed by atoms with E-state index in [2.05, 4.69) is 6.57 Å². The lowest BCUT2D eigenvalue weighted by Crippen LogP contribution is -2.46. The molecule has 29 heavy (non-hydrogen) atoms. The van der Waals surface area contributed by atoms with Crippen LogP contribution in [0, 0.1) is 11.8 Å². The summed E-state index contributed by atoms with van der Waals surface area (Å²) in [6.07, 6.45) is -2.71. The van der Waals surface area contributed by atoms with Gasteiger partial charge in [-0.1, -0.05) is 48.3 Å². The third-order valence-corrected chi connectivity index (χ3v) is 5.02. The molecule has 8 heteroatoms. The Kier molecular flexibility index (Phi) is 8.18. The summed E-state index contributed by atoms with van der Waals surface area (Å²) in [7, 11) is 0. The number of amides is 1. The van der Waals surface area contributed by atoms with Gasteiger partial charge >= 0.3 is 0 Å². The van der Waals surface area contributed by atoms with Gasteiger partial charge in [0.15, 0.2) is 12.4 Å². The highest BCUT2D eigenvalue weighted by Crippen LogP contribution is 2.41. The predicted octanol–water partition coefficient (Wildman–Crippen LogP) is 3.92. The van der Waals surface area contributed by atoms with Gasteiger partial charge in [0.2, 0.25) is 0 Å². The third-order valence-electron chi connectivity index (χ3n) is 4.44. The van der Waals surface area contributed by atoms with Crippen LogP contribution >= 0.6 is 23.2 Å². The Hall–Kier alpha value is -2.43. The lowest BCUT2D eigenvalue weighted by atomic mass is 9.99. The molecule has 3 rings (SSSR count). The SMILES string of the molecule is C#N.CCCN1C(=O)C(C(O)C=O)OC(c2ccccc2Cl)c2cc(Cl)ccc21. The van der Waals surface area contributed by atoms with Crippen molar-refractivity contribution in [2.24, 2.45) is 0 Å². The molecule has 1 N–H and O–H groups in total. The topological polar surface area (TPSA) is 90.6 Å². The fourth-order valence-electron chi connectivity index (χ4n) is 3.21. The minimum absolute atomic E-state index is 0.305. The number of benzene rings is 2. The number of rotatable bonds is 5. The number of ether oxygens (including phenoxy) is 1. The van der Waals surface area contributed by atoms with Crippen LogP contribution in [0.1, 0.15) is 30.6 Å². The van der Waals surface area contributed by atoms with Gasteiger partial charge in [0.25, 0.3) is 5.91 Å². The van der Waals surface area contributed by atoms with E-state index in [4.69, 9.17) is 33.2 Å². The molecule has 1 amide bonds. The smallest absolute Gasteiger partial charge is 0.259 e. The predicted molar refractivity (Wildman–Crippen MR) is 111 cm³/mol. The van der Waals surface area contributed by atoms with Crippen LogP contribution in [-0.4, -0.2) is 36.1 Å². The van der Waals surface area contributed by atoms with Crippen LogP contribution in [0.2, 0.25) is 10.0 Å². The Balaban J connectivity index is 0.00000145. The van der Waals surface area contributed by atoms with Gasteiger partial charge in [-0.3, -0.25) is 4.79 Å². The van der Waals surface area contributed by atoms with E-state index in [0.717, 1.165) is 0 Å². The molecule has 0 saturated heterocycles. The standard InChI is InChI=1S/C20H19Cl2NO4.CHN/c1-2-9-23-16-8-7-12(21)10-14(16)18(13-5-3-4-6-15(13)22)27-19(20(23)26)17(25)11-24;1-2/h3-8,10-11,17-19,25H,2,9H2,1H3;1H. The quantitative estimate of drug-likeness (QED) is 0.719. The van der Waals surface area contributed by atoms with Gasteiger partial charge in [0, 0.05) is 40.0 Å². The number of hydrogen-bond acceptors (Lipinski definition) is 5. The van der Waals surface area contributed by atoms with Crippen LogP contribution in [0.25, 0.3) is 0 Å². The molecular weight excluding hydrogens is 415 g/mol. The lowest BCUT2D eigenvalue weighted by molar-refractivity contribution is -0.145. The fourth-order valence-corrected chi connectivity index (χ4v) is 3.63. The molecule has 0 aromatic heterocycles. The molecule has 0 fully saturated rings. The van der Waals surface area contributed by atoms with Crippen molar-refractivity contribution in [2.75, 3.05) is 11.4 Å². The number of carbonyl (C=O) groups is 2. The van der Waals surface area contributed by atoms with Gasteiger partial charge < -0.3 is 19.5 Å². The molecule has 3 unspecified atom stereocenters. The summed E-state index contributed by atoms with van der Waals surface area (Å²) in [5, 5.41) is 17.6. The molecule has 2 aromatic rings. The molecule has 0 bridgehead atoms. The number of aliphatic hydroxyl groups is 1. The van der Waals surface area contributed by atoms with E-state index in [1.807, 2.05) is 6.92 Å². The van der Waals surface area contributed by atoms with E-state index < -0.39 is 24.2 Å². The summed E-state index contributed by atoms with van der Waals surface area (Å²) in [6, 6.07) is 12.2. The van der Waals surface area contributed by atoms with E-state index in [1.165, 1.54) is 4.90 Å². The molecule has 0 radical (unpaired) electrons. The Morgan fingerprint density at radius 1 is 1.24 bits per heavy atom. The molecule has 0 saturated carbocycles. The van der Waals surface area contributed by atoms with Gasteiger partial charge in [-0.25, -0.2) is 5.26 Å². The maximum absolute atomic E-state index is 13.1. The number of nitrogens with zero attached hydrogens (tertiary/aromatic N) is 2. The first-order valence-corrected chi connectivity index (χ1v) is 9.63. The summed E-state index contributed by atoms with van der Waals surface area (Å²) in [5.74, 6) is -0.477. The van der Waals surface area contributed by atoms with Crippen LogP contribution < -0.4 is 4.90 Å². The van der Waals surface area contributed by atoms with Crippen LogP contribution in [0.3, 0.4) is 0 Å². The van der Waals surface area contributed by atoms with E-state index >= 15 is 0 Å². The number of carbonyl (C=O) groups excluding carboxylic acids is 2. The highest BCUT2D eigenvalue weighted by molar-refractivity contribution is 6.31. The number of hydrogen-bond donors (Lipinski definition) is 1. The van der Waals surface area contributed by atoms with Gasteiger partial charge in [-0.05, 0) is 30.7 Å². The minimum Gasteiger partial charge on any atom is -0.382 e. The number of aliphatic hydroxyl groups excluding tert-OH is 1. The zero-order valence-electron chi connectivity index (χ0n) is 15.7. The van der Waals surface area contributed by atoms with Crippen LogP contribution in [-0.2, 0) is 14.3 Å². The number of halogens is 2. The molecule has 0 spiro atoms. The van der Waals surface area contributed by atoms with Crippen molar-refractivity contribution < 1.29 is 19.4 Å². The molecule has 152 valence electrons. The zero-order chi connectivity index (χ0) is 21.6. The van der Waals surface area contributed by atoms with Crippen LogP contribution in [0.5, 0.6) is 0 Å². The second kappa shape index (κ2) is 10.4. The normalized spacial score (nSPS) is 19.4. The largest absolute Gasteiger partial charge is 0.382 e. The van der Waals surface area contributed by atoms with Gasteiger partial charge in [0.1, 0.15) is 12.2 Å². The molecule has 2 aromatic carbocycles. The monoisotopic (exact) mass is 434 g/mol. The Morgan fingerprint density at radius 2 is 1.93 bits per heavy atom. The van der Waals surface area contributed by atoms with E-state index in [1.54, 1.807) is 42.5 Å². The summed E-state index contributed by atoms with van der Waals surface area (Å²) in [5.41, 5.74) is 1.90. The zero-order valence-corrected chi connectivity index (χ0v) is 17.2. The second-order valence-electron chi connectivity index (χ2n) is 6.28. The summed E-state index contributed by atoms with van der Waals surface area (Å²) < 4.78 is 5.99. The number of nitriles is 1. The highest BCUT2D eigenvalue weighted by Gasteiger charge is 2.40. The third kappa shape index (κ3) is 4.77. The first kappa shape index (κ1) is 22.9. The first-order chi connectivity index (χ1) is 14.0. The van der Waals surface area contributed by atoms with E-state index in [0.29, 0.717) is 46.1 Å². The number of anilines is 1. The van der Waals surface area contributed by atoms with Crippen molar-refractivity contribution in [1.29, 1.82) is 5.26 Å². The molecular formula is C21H20Cl2N2O4. The molecule has 1 heterocycles. The van der Waals surface area contributed by atoms with Crippen molar-refractivity contribution in [3.05, 3.63) is 63.6 Å². The Morgan fingerprint density at radius 3 is 2.55 bits per heavy atom. The highest BCUT2D eigenvalue weighted by atomic mass is 35.5. The summed E-state index contributed by atoms with van der Waals surface area (Å²) >= 11 is 12.6. The fraction of sp³-hybridized carbons (Fsp3) is 0.286. The number of fused-ring (bicyclic) bond motifs is 1. The van der Waals surface area contributed by atoms with Gasteiger partial charge in [-0.15, -0.1) is 0 Å². The molecule has 1 aliphatic rings. The maximum atomic E-state index is 13.1. The summed E-state index contributed by atoms with van der Waals surface area (Å²) in [6.45, 7) is 5.85. The minimum atomic E-state index is -1.59. The maximum Gasteiger partial charge on any atom is 0.259 e. The van der Waals surface area contributed by atoms with E-state index in [-0.39, 0.29) is 0 Å². The average molecular weight is 435 g/mol.